The van der Waals surface area contributed by atoms with Crippen LogP contribution in [0.2, 0.25) is 10.0 Å². The van der Waals surface area contributed by atoms with Crippen molar-refractivity contribution in [2.75, 3.05) is 31.5 Å². The number of imide groups is 1. The zero-order valence-corrected chi connectivity index (χ0v) is 37.5. The molecule has 6 heterocycles. The quantitative estimate of drug-likeness (QED) is 0.197. The van der Waals surface area contributed by atoms with Gasteiger partial charge < -0.3 is 20.0 Å². The Balaban J connectivity index is 0.788. The van der Waals surface area contributed by atoms with Gasteiger partial charge >= 0.3 is 0 Å². The second-order valence-corrected chi connectivity index (χ2v) is 19.8. The number of amides is 6. The van der Waals surface area contributed by atoms with Crippen LogP contribution in [0.3, 0.4) is 0 Å². The number of carbonyl (C=O) groups excluding carboxylic acids is 6. The van der Waals surface area contributed by atoms with Crippen molar-refractivity contribution in [3.05, 3.63) is 98.3 Å². The topological polar surface area (TPSA) is 148 Å². The number of fused-ring (bicyclic) bond motifs is 4. The third-order valence-electron chi connectivity index (χ3n) is 15.5. The molecule has 65 heavy (non-hydrogen) atoms. The Morgan fingerprint density at radius 2 is 1.58 bits per heavy atom. The van der Waals surface area contributed by atoms with E-state index < -0.39 is 40.7 Å². The Hall–Kier alpha value is -5.29. The van der Waals surface area contributed by atoms with E-state index in [1.807, 2.05) is 21.9 Å². The third kappa shape index (κ3) is 7.40. The van der Waals surface area contributed by atoms with E-state index in [-0.39, 0.29) is 64.9 Å². The molecule has 1 aliphatic carbocycles. The number of benzene rings is 3. The standard InChI is InChI=1S/C50H51Cl2FN6O6/c51-32-12-13-36-38(27-32)54-48(65)50(36)42(34-8-5-9-37(52)43(34)53)44(56-49(50)20-2-1-3-21-49)47(64)58-24-18-30(19-25-58)26-41(61)57-22-16-29(17-23-57)10-11-31-6-4-7-33-35(31)28-59(46(33)63)39-14-15-40(60)55-45(39)62/h4-9,12-13,27,29-30,39,42,44,56H,1-3,14-26,28H2,(H,54,65)(H,55,60,62)/t39?,42-,44+,50+/m0/s1. The number of anilines is 1. The lowest BCUT2D eigenvalue weighted by atomic mass is 9.55. The molecule has 0 aromatic heterocycles. The summed E-state index contributed by atoms with van der Waals surface area (Å²) < 4.78 is 16.4. The number of likely N-dealkylation sites (tertiary alicyclic amines) is 2. The van der Waals surface area contributed by atoms with Crippen molar-refractivity contribution < 1.29 is 33.2 Å². The molecule has 7 aliphatic rings. The van der Waals surface area contributed by atoms with Crippen LogP contribution in [0.25, 0.3) is 0 Å². The molecule has 5 fully saturated rings. The number of nitrogens with one attached hydrogen (secondary N) is 3. The third-order valence-corrected chi connectivity index (χ3v) is 16.0. The molecular weight excluding hydrogens is 870 g/mol. The van der Waals surface area contributed by atoms with Crippen molar-refractivity contribution in [3.8, 4) is 11.8 Å². The van der Waals surface area contributed by atoms with Crippen LogP contribution < -0.4 is 16.0 Å². The molecule has 10 rings (SSSR count). The van der Waals surface area contributed by atoms with E-state index in [1.165, 1.54) is 11.0 Å². The Morgan fingerprint density at radius 3 is 2.34 bits per heavy atom. The molecule has 6 amide bonds. The highest BCUT2D eigenvalue weighted by Gasteiger charge is 2.72. The van der Waals surface area contributed by atoms with E-state index in [0.717, 1.165) is 43.2 Å². The smallest absolute Gasteiger partial charge is 0.255 e. The molecule has 3 N–H and O–H groups in total. The molecule has 2 spiro atoms. The molecule has 12 nitrogen and oxygen atoms in total. The summed E-state index contributed by atoms with van der Waals surface area (Å²) in [6.07, 6.45) is 7.61. The minimum Gasteiger partial charge on any atom is -0.343 e. The fraction of sp³-hybridized carbons (Fsp3) is 0.480. The summed E-state index contributed by atoms with van der Waals surface area (Å²) in [5.41, 5.74) is 1.47. The van der Waals surface area contributed by atoms with Gasteiger partial charge in [-0.25, -0.2) is 4.39 Å². The van der Waals surface area contributed by atoms with Crippen LogP contribution in [0.15, 0.2) is 54.6 Å². The van der Waals surface area contributed by atoms with E-state index in [4.69, 9.17) is 23.2 Å². The molecule has 3 aromatic rings. The SMILES string of the molecule is O=C1CCC(N2Cc3c(C#CC4CCN(C(=O)CC5CCN(C(=O)[C@@H]6NC7(CCCCC7)[C@@]7(C(=O)Nc8cc(Cl)ccc87)[C@H]6c6cccc(Cl)c6F)CC5)CC4)cccc3C2=O)C(=O)N1. The minimum atomic E-state index is -1.30. The summed E-state index contributed by atoms with van der Waals surface area (Å²) in [6.45, 7) is 2.32. The maximum atomic E-state index is 16.4. The van der Waals surface area contributed by atoms with Crippen molar-refractivity contribution in [1.82, 2.24) is 25.3 Å². The number of hydrogen-bond acceptors (Lipinski definition) is 7. The molecule has 6 aliphatic heterocycles. The Bertz CT molecular complexity index is 2570. The van der Waals surface area contributed by atoms with Gasteiger partial charge in [0.25, 0.3) is 5.91 Å². The molecule has 1 unspecified atom stereocenters. The second kappa shape index (κ2) is 17.2. The first-order valence-electron chi connectivity index (χ1n) is 23.1. The van der Waals surface area contributed by atoms with Crippen LogP contribution in [-0.2, 0) is 35.9 Å². The lowest BCUT2D eigenvalue weighted by molar-refractivity contribution is -0.138. The van der Waals surface area contributed by atoms with Crippen molar-refractivity contribution >= 4 is 64.3 Å². The maximum absolute atomic E-state index is 16.4. The molecule has 15 heteroatoms. The van der Waals surface area contributed by atoms with Crippen molar-refractivity contribution in [1.29, 1.82) is 0 Å². The first-order valence-corrected chi connectivity index (χ1v) is 23.8. The summed E-state index contributed by atoms with van der Waals surface area (Å²) >= 11 is 12.9. The van der Waals surface area contributed by atoms with Crippen molar-refractivity contribution in [3.63, 3.8) is 0 Å². The van der Waals surface area contributed by atoms with Crippen LogP contribution in [0.1, 0.15) is 116 Å². The van der Waals surface area contributed by atoms with Crippen LogP contribution in [0.4, 0.5) is 10.1 Å². The van der Waals surface area contributed by atoms with E-state index in [9.17, 15) is 28.8 Å². The highest BCUT2D eigenvalue weighted by molar-refractivity contribution is 6.31. The van der Waals surface area contributed by atoms with Crippen LogP contribution in [-0.4, -0.2) is 93.9 Å². The maximum Gasteiger partial charge on any atom is 0.255 e. The average Bonchev–Trinajstić information content (AvgIpc) is 3.90. The van der Waals surface area contributed by atoms with Crippen LogP contribution in [0.5, 0.6) is 0 Å². The predicted molar refractivity (Wildman–Crippen MR) is 241 cm³/mol. The first kappa shape index (κ1) is 43.6. The summed E-state index contributed by atoms with van der Waals surface area (Å²) in [5.74, 6) is 3.98. The molecule has 4 atom stereocenters. The molecule has 4 saturated heterocycles. The zero-order valence-electron chi connectivity index (χ0n) is 36.0. The number of nitrogens with zero attached hydrogens (tertiary/aromatic N) is 3. The van der Waals surface area contributed by atoms with Gasteiger partial charge in [-0.1, -0.05) is 78.6 Å². The van der Waals surface area contributed by atoms with E-state index in [0.29, 0.717) is 86.5 Å². The molecule has 3 aromatic carbocycles. The number of halogens is 3. The van der Waals surface area contributed by atoms with E-state index >= 15 is 4.39 Å². The number of rotatable bonds is 5. The fourth-order valence-corrected chi connectivity index (χ4v) is 12.6. The summed E-state index contributed by atoms with van der Waals surface area (Å²) in [7, 11) is 0. The molecular formula is C50H51Cl2FN6O6. The Labute approximate surface area is 387 Å². The zero-order chi connectivity index (χ0) is 45.2. The Kier molecular flexibility index (Phi) is 11.5. The van der Waals surface area contributed by atoms with Gasteiger partial charge in [0.2, 0.25) is 29.5 Å². The van der Waals surface area contributed by atoms with Gasteiger partial charge in [0.05, 0.1) is 11.1 Å². The monoisotopic (exact) mass is 920 g/mol. The lowest BCUT2D eigenvalue weighted by Gasteiger charge is -2.47. The van der Waals surface area contributed by atoms with Gasteiger partial charge in [-0.3, -0.25) is 39.4 Å². The summed E-state index contributed by atoms with van der Waals surface area (Å²) in [5, 5.41) is 9.58. The van der Waals surface area contributed by atoms with Crippen molar-refractivity contribution in [2.45, 2.75) is 113 Å². The van der Waals surface area contributed by atoms with Crippen molar-refractivity contribution in [2.24, 2.45) is 11.8 Å². The predicted octanol–water partition coefficient (Wildman–Crippen LogP) is 6.46. The normalized spacial score (nSPS) is 26.5. The fourth-order valence-electron chi connectivity index (χ4n) is 12.3. The summed E-state index contributed by atoms with van der Waals surface area (Å²) in [6, 6.07) is 14.0. The number of carbonyl (C=O) groups is 6. The highest BCUT2D eigenvalue weighted by Crippen LogP contribution is 2.63. The minimum absolute atomic E-state index is 0.0683. The summed E-state index contributed by atoms with van der Waals surface area (Å²) in [4.78, 5) is 86.2. The van der Waals surface area contributed by atoms with Gasteiger partial charge in [-0.2, -0.15) is 0 Å². The molecule has 0 radical (unpaired) electrons. The van der Waals surface area contributed by atoms with Gasteiger partial charge in [-0.15, -0.1) is 0 Å². The van der Waals surface area contributed by atoms with Gasteiger partial charge in [0.15, 0.2) is 0 Å². The lowest BCUT2D eigenvalue weighted by Crippen LogP contribution is -2.60. The highest BCUT2D eigenvalue weighted by atomic mass is 35.5. The second-order valence-electron chi connectivity index (χ2n) is 19.0. The first-order chi connectivity index (χ1) is 31.4. The van der Waals surface area contributed by atoms with Gasteiger partial charge in [0, 0.05) is 84.8 Å². The average molecular weight is 922 g/mol. The van der Waals surface area contributed by atoms with E-state index in [1.54, 1.807) is 36.4 Å². The van der Waals surface area contributed by atoms with Crippen LogP contribution in [0, 0.1) is 29.5 Å². The number of hydrogen-bond donors (Lipinski definition) is 3. The Morgan fingerprint density at radius 1 is 0.846 bits per heavy atom. The van der Waals surface area contributed by atoms with Gasteiger partial charge in [-0.05, 0) is 97.9 Å². The number of piperidine rings is 3. The molecule has 0 bridgehead atoms. The molecule has 1 saturated carbocycles. The van der Waals surface area contributed by atoms with Gasteiger partial charge in [0.1, 0.15) is 17.3 Å². The van der Waals surface area contributed by atoms with E-state index in [2.05, 4.69) is 27.8 Å². The molecule has 338 valence electrons. The van der Waals surface area contributed by atoms with Crippen LogP contribution >= 0.6 is 23.2 Å². The largest absolute Gasteiger partial charge is 0.343 e.